The lowest BCUT2D eigenvalue weighted by molar-refractivity contribution is 0.0115. The Hall–Kier alpha value is -2.15. The van der Waals surface area contributed by atoms with Crippen molar-refractivity contribution in [1.82, 2.24) is 4.90 Å². The Balaban J connectivity index is 1.66. The molecule has 0 aromatic heterocycles. The maximum atomic E-state index is 12.6. The summed E-state index contributed by atoms with van der Waals surface area (Å²) in [5, 5.41) is 2.91. The van der Waals surface area contributed by atoms with Gasteiger partial charge in [0.15, 0.2) is 11.5 Å². The van der Waals surface area contributed by atoms with Gasteiger partial charge in [0.2, 0.25) is 6.79 Å². The number of likely N-dealkylation sites (tertiary alicyclic amines) is 1. The number of nitrogens with zero attached hydrogens (tertiary/aromatic N) is 1. The number of carbonyl (C=O) groups excluding carboxylic acids is 1. The van der Waals surface area contributed by atoms with Crippen molar-refractivity contribution in [3.8, 4) is 17.2 Å². The molecule has 3 rings (SSSR count). The van der Waals surface area contributed by atoms with E-state index in [2.05, 4.69) is 12.2 Å². The molecule has 2 amide bonds. The number of carbonyl (C=O) groups is 1. The number of rotatable bonds is 5. The molecule has 132 valence electrons. The fourth-order valence-electron chi connectivity index (χ4n) is 2.93. The molecule has 0 bridgehead atoms. The number of ether oxygens (including phenoxy) is 4. The Morgan fingerprint density at radius 1 is 1.38 bits per heavy atom. The van der Waals surface area contributed by atoms with Gasteiger partial charge in [0.25, 0.3) is 0 Å². The first-order chi connectivity index (χ1) is 11.7. The third kappa shape index (κ3) is 3.67. The lowest BCUT2D eigenvalue weighted by Crippen LogP contribution is -2.45. The summed E-state index contributed by atoms with van der Waals surface area (Å²) in [6.07, 6.45) is 3.04. The van der Waals surface area contributed by atoms with E-state index in [-0.39, 0.29) is 18.9 Å². The van der Waals surface area contributed by atoms with Gasteiger partial charge >= 0.3 is 6.03 Å². The molecule has 1 atom stereocenters. The van der Waals surface area contributed by atoms with E-state index in [1.54, 1.807) is 24.1 Å². The zero-order chi connectivity index (χ0) is 16.9. The molecular formula is C17H24N2O5. The van der Waals surface area contributed by atoms with Gasteiger partial charge in [-0.3, -0.25) is 0 Å². The normalized spacial score (nSPS) is 19.2. The summed E-state index contributed by atoms with van der Waals surface area (Å²) < 4.78 is 21.8. The highest BCUT2D eigenvalue weighted by Gasteiger charge is 2.25. The Morgan fingerprint density at radius 2 is 2.17 bits per heavy atom. The van der Waals surface area contributed by atoms with Gasteiger partial charge in [0.05, 0.1) is 18.9 Å². The van der Waals surface area contributed by atoms with Crippen molar-refractivity contribution in [3.05, 3.63) is 12.1 Å². The van der Waals surface area contributed by atoms with Crippen LogP contribution in [0.1, 0.15) is 26.2 Å². The van der Waals surface area contributed by atoms with Crippen LogP contribution >= 0.6 is 0 Å². The largest absolute Gasteiger partial charge is 0.494 e. The number of anilines is 1. The standard InChI is InChI=1S/C17H24N2O5/c1-3-7-22-12-5-4-6-19(10-12)17(20)18-13-8-15-16(24-11-23-15)9-14(13)21-2/h8-9,12H,3-7,10-11H2,1-2H3,(H,18,20)/t12-/m0/s1. The minimum absolute atomic E-state index is 0.114. The SMILES string of the molecule is CCCO[C@H]1CCCN(C(=O)Nc2cc3c(cc2OC)OCO3)C1. The van der Waals surface area contributed by atoms with Gasteiger partial charge < -0.3 is 29.2 Å². The molecule has 7 nitrogen and oxygen atoms in total. The van der Waals surface area contributed by atoms with E-state index in [0.29, 0.717) is 29.5 Å². The number of hydrogen-bond acceptors (Lipinski definition) is 5. The van der Waals surface area contributed by atoms with Crippen molar-refractivity contribution in [2.24, 2.45) is 0 Å². The molecule has 24 heavy (non-hydrogen) atoms. The summed E-state index contributed by atoms with van der Waals surface area (Å²) in [4.78, 5) is 14.4. The van der Waals surface area contributed by atoms with E-state index < -0.39 is 0 Å². The van der Waals surface area contributed by atoms with Crippen LogP contribution in [0.5, 0.6) is 17.2 Å². The molecule has 2 aliphatic heterocycles. The third-order valence-electron chi connectivity index (χ3n) is 4.16. The molecule has 0 saturated carbocycles. The van der Waals surface area contributed by atoms with Gasteiger partial charge in [-0.2, -0.15) is 0 Å². The molecule has 2 heterocycles. The topological polar surface area (TPSA) is 69.3 Å². The monoisotopic (exact) mass is 336 g/mol. The van der Waals surface area contributed by atoms with Crippen LogP contribution in [0.3, 0.4) is 0 Å². The lowest BCUT2D eigenvalue weighted by atomic mass is 10.1. The molecule has 0 radical (unpaired) electrons. The van der Waals surface area contributed by atoms with E-state index in [9.17, 15) is 4.79 Å². The zero-order valence-electron chi connectivity index (χ0n) is 14.2. The van der Waals surface area contributed by atoms with Crippen LogP contribution in [0.4, 0.5) is 10.5 Å². The molecule has 2 aliphatic rings. The fourth-order valence-corrected chi connectivity index (χ4v) is 2.93. The van der Waals surface area contributed by atoms with Crippen molar-refractivity contribution in [2.75, 3.05) is 38.9 Å². The molecule has 1 fully saturated rings. The molecule has 1 aromatic carbocycles. The summed E-state index contributed by atoms with van der Waals surface area (Å²) in [6.45, 7) is 4.33. The van der Waals surface area contributed by atoms with Gasteiger partial charge in [-0.15, -0.1) is 0 Å². The molecule has 1 aromatic rings. The minimum atomic E-state index is -0.156. The molecule has 1 N–H and O–H groups in total. The van der Waals surface area contributed by atoms with E-state index in [1.165, 1.54) is 0 Å². The van der Waals surface area contributed by atoms with Crippen molar-refractivity contribution in [2.45, 2.75) is 32.3 Å². The maximum Gasteiger partial charge on any atom is 0.322 e. The average molecular weight is 336 g/mol. The van der Waals surface area contributed by atoms with Crippen molar-refractivity contribution >= 4 is 11.7 Å². The predicted octanol–water partition coefficient (Wildman–Crippen LogP) is 2.85. The van der Waals surface area contributed by atoms with E-state index in [1.807, 2.05) is 0 Å². The zero-order valence-corrected chi connectivity index (χ0v) is 14.2. The van der Waals surface area contributed by atoms with Crippen LogP contribution in [0.15, 0.2) is 12.1 Å². The first-order valence-corrected chi connectivity index (χ1v) is 8.36. The summed E-state index contributed by atoms with van der Waals surface area (Å²) in [6, 6.07) is 3.30. The fraction of sp³-hybridized carbons (Fsp3) is 0.588. The number of fused-ring (bicyclic) bond motifs is 1. The van der Waals surface area contributed by atoms with Crippen LogP contribution in [0, 0.1) is 0 Å². The Morgan fingerprint density at radius 3 is 2.92 bits per heavy atom. The molecule has 1 saturated heterocycles. The van der Waals surface area contributed by atoms with Crippen molar-refractivity contribution in [1.29, 1.82) is 0 Å². The number of amides is 2. The van der Waals surface area contributed by atoms with Gasteiger partial charge in [-0.25, -0.2) is 4.79 Å². The highest BCUT2D eigenvalue weighted by Crippen LogP contribution is 2.40. The molecule has 0 spiro atoms. The highest BCUT2D eigenvalue weighted by atomic mass is 16.7. The second-order valence-corrected chi connectivity index (χ2v) is 5.92. The van der Waals surface area contributed by atoms with Gasteiger partial charge in [-0.1, -0.05) is 6.92 Å². The van der Waals surface area contributed by atoms with Crippen molar-refractivity contribution < 1.29 is 23.7 Å². The smallest absolute Gasteiger partial charge is 0.322 e. The Labute approximate surface area is 141 Å². The Kier molecular flexibility index (Phi) is 5.30. The second kappa shape index (κ2) is 7.61. The van der Waals surface area contributed by atoms with E-state index in [4.69, 9.17) is 18.9 Å². The van der Waals surface area contributed by atoms with Crippen LogP contribution in [0.25, 0.3) is 0 Å². The van der Waals surface area contributed by atoms with Crippen LogP contribution in [0.2, 0.25) is 0 Å². The maximum absolute atomic E-state index is 12.6. The second-order valence-electron chi connectivity index (χ2n) is 5.92. The molecule has 7 heteroatoms. The number of methoxy groups -OCH3 is 1. The quantitative estimate of drug-likeness (QED) is 0.895. The third-order valence-corrected chi connectivity index (χ3v) is 4.16. The first kappa shape index (κ1) is 16.7. The average Bonchev–Trinajstić information content (AvgIpc) is 3.06. The van der Waals surface area contributed by atoms with Gasteiger partial charge in [0.1, 0.15) is 5.75 Å². The summed E-state index contributed by atoms with van der Waals surface area (Å²) >= 11 is 0. The molecule has 0 unspecified atom stereocenters. The van der Waals surface area contributed by atoms with Crippen molar-refractivity contribution in [3.63, 3.8) is 0 Å². The highest BCUT2D eigenvalue weighted by molar-refractivity contribution is 5.91. The summed E-state index contributed by atoms with van der Waals surface area (Å²) in [5.74, 6) is 1.77. The summed E-state index contributed by atoms with van der Waals surface area (Å²) in [5.41, 5.74) is 0.573. The first-order valence-electron chi connectivity index (χ1n) is 8.36. The number of nitrogens with one attached hydrogen (secondary N) is 1. The Bertz CT molecular complexity index is 593. The number of urea groups is 1. The van der Waals surface area contributed by atoms with Crippen LogP contribution in [-0.4, -0.2) is 50.6 Å². The predicted molar refractivity (Wildman–Crippen MR) is 89.0 cm³/mol. The molecule has 0 aliphatic carbocycles. The molecular weight excluding hydrogens is 312 g/mol. The number of piperidine rings is 1. The number of benzene rings is 1. The van der Waals surface area contributed by atoms with Crippen LogP contribution in [-0.2, 0) is 4.74 Å². The van der Waals surface area contributed by atoms with Gasteiger partial charge in [0, 0.05) is 31.8 Å². The number of hydrogen-bond donors (Lipinski definition) is 1. The van der Waals surface area contributed by atoms with E-state index >= 15 is 0 Å². The van der Waals surface area contributed by atoms with Gasteiger partial charge in [-0.05, 0) is 19.3 Å². The minimum Gasteiger partial charge on any atom is -0.494 e. The lowest BCUT2D eigenvalue weighted by Gasteiger charge is -2.32. The summed E-state index contributed by atoms with van der Waals surface area (Å²) in [7, 11) is 1.56. The van der Waals surface area contributed by atoms with Crippen LogP contribution < -0.4 is 19.5 Å². The van der Waals surface area contributed by atoms with E-state index in [0.717, 1.165) is 32.4 Å².